The summed E-state index contributed by atoms with van der Waals surface area (Å²) in [5, 5.41) is 0. The van der Waals surface area contributed by atoms with Gasteiger partial charge in [-0.15, -0.1) is 0 Å². The van der Waals surface area contributed by atoms with Crippen molar-refractivity contribution >= 4 is 10.4 Å². The molecule has 88 valence electrons. The van der Waals surface area contributed by atoms with Crippen molar-refractivity contribution in [3.63, 3.8) is 0 Å². The van der Waals surface area contributed by atoms with Gasteiger partial charge in [-0.05, 0) is 19.6 Å². The molecule has 5 nitrogen and oxygen atoms in total. The van der Waals surface area contributed by atoms with Gasteiger partial charge in [-0.25, -0.2) is 0 Å². The molecular weight excluding hydrogens is 206 g/mol. The van der Waals surface area contributed by atoms with Crippen LogP contribution in [0.2, 0.25) is 0 Å². The Hall–Kier alpha value is -0.170. The predicted molar refractivity (Wildman–Crippen MR) is 56.4 cm³/mol. The molecule has 0 atom stereocenters. The monoisotopic (exact) mass is 227 g/mol. The van der Waals surface area contributed by atoms with Gasteiger partial charge in [-0.1, -0.05) is 20.8 Å². The van der Waals surface area contributed by atoms with Crippen molar-refractivity contribution < 1.29 is 16.8 Å². The second-order valence-electron chi connectivity index (χ2n) is 2.36. The van der Waals surface area contributed by atoms with E-state index in [1.807, 2.05) is 0 Å². The third kappa shape index (κ3) is 9.91. The van der Waals surface area contributed by atoms with E-state index in [4.69, 9.17) is 0 Å². The Kier molecular flexibility index (Phi) is 10.9. The Balaban J connectivity index is 0. The summed E-state index contributed by atoms with van der Waals surface area (Å²) in [6.45, 7) is 10.1. The fourth-order valence-electron chi connectivity index (χ4n) is 0.739. The predicted octanol–water partition coefficient (Wildman–Crippen LogP) is 0.872. The lowest BCUT2D eigenvalue weighted by Gasteiger charge is -2.13. The van der Waals surface area contributed by atoms with Gasteiger partial charge in [0.15, 0.2) is 0 Å². The van der Waals surface area contributed by atoms with Gasteiger partial charge in [-0.2, -0.15) is 8.42 Å². The SMILES string of the molecule is CCN(CC)CC.COS(=O)(=O)OC. The minimum absolute atomic E-state index is 1.03. The molecule has 0 aliphatic carbocycles. The summed E-state index contributed by atoms with van der Waals surface area (Å²) in [5.41, 5.74) is 0. The molecule has 0 aliphatic heterocycles. The zero-order valence-electron chi connectivity index (χ0n) is 9.61. The molecule has 0 amide bonds. The van der Waals surface area contributed by atoms with Crippen LogP contribution in [0.15, 0.2) is 0 Å². The van der Waals surface area contributed by atoms with Crippen LogP contribution in [0.5, 0.6) is 0 Å². The largest absolute Gasteiger partial charge is 0.399 e. The molecule has 0 aromatic heterocycles. The molecule has 0 fully saturated rings. The first-order chi connectivity index (χ1) is 6.47. The quantitative estimate of drug-likeness (QED) is 0.697. The van der Waals surface area contributed by atoms with E-state index >= 15 is 0 Å². The Labute approximate surface area is 87.3 Å². The number of hydrogen-bond donors (Lipinski definition) is 0. The Bertz CT molecular complexity index is 184. The maximum Gasteiger partial charge on any atom is 0.399 e. The van der Waals surface area contributed by atoms with Crippen LogP contribution >= 0.6 is 0 Å². The highest BCUT2D eigenvalue weighted by Crippen LogP contribution is 1.85. The average molecular weight is 227 g/mol. The fourth-order valence-corrected chi connectivity index (χ4v) is 0.875. The normalized spacial score (nSPS) is 11.0. The third-order valence-electron chi connectivity index (χ3n) is 1.75. The average Bonchev–Trinajstić information content (AvgIpc) is 2.21. The molecule has 0 aromatic carbocycles. The van der Waals surface area contributed by atoms with Crippen molar-refractivity contribution in [3.8, 4) is 0 Å². The topological polar surface area (TPSA) is 55.8 Å². The van der Waals surface area contributed by atoms with Crippen LogP contribution in [0.25, 0.3) is 0 Å². The van der Waals surface area contributed by atoms with Crippen LogP contribution in [0.3, 0.4) is 0 Å². The van der Waals surface area contributed by atoms with Gasteiger partial charge >= 0.3 is 10.4 Å². The molecule has 0 saturated heterocycles. The van der Waals surface area contributed by atoms with E-state index in [0.717, 1.165) is 14.2 Å². The summed E-state index contributed by atoms with van der Waals surface area (Å²) in [6, 6.07) is 0. The molecule has 0 unspecified atom stereocenters. The maximum atomic E-state index is 9.92. The summed E-state index contributed by atoms with van der Waals surface area (Å²) in [4.78, 5) is 2.38. The molecule has 14 heavy (non-hydrogen) atoms. The highest BCUT2D eigenvalue weighted by molar-refractivity contribution is 7.81. The first-order valence-electron chi connectivity index (χ1n) is 4.55. The summed E-state index contributed by atoms with van der Waals surface area (Å²) < 4.78 is 27.5. The molecule has 0 aromatic rings. The van der Waals surface area contributed by atoms with E-state index in [-0.39, 0.29) is 0 Å². The van der Waals surface area contributed by atoms with E-state index in [1.54, 1.807) is 0 Å². The molecule has 0 heterocycles. The third-order valence-corrected chi connectivity index (χ3v) is 2.57. The first kappa shape index (κ1) is 16.3. The van der Waals surface area contributed by atoms with E-state index in [9.17, 15) is 8.42 Å². The van der Waals surface area contributed by atoms with Crippen LogP contribution < -0.4 is 0 Å². The molecule has 0 rings (SSSR count). The lowest BCUT2D eigenvalue weighted by Crippen LogP contribution is -2.21. The fraction of sp³-hybridized carbons (Fsp3) is 1.00. The van der Waals surface area contributed by atoms with Gasteiger partial charge in [0.1, 0.15) is 0 Å². The van der Waals surface area contributed by atoms with Crippen molar-refractivity contribution in [2.24, 2.45) is 0 Å². The van der Waals surface area contributed by atoms with E-state index in [2.05, 4.69) is 34.0 Å². The molecule has 0 aliphatic rings. The Morgan fingerprint density at radius 2 is 1.21 bits per heavy atom. The summed E-state index contributed by atoms with van der Waals surface area (Å²) in [7, 11) is -1.60. The Morgan fingerprint density at radius 1 is 0.929 bits per heavy atom. The summed E-state index contributed by atoms with van der Waals surface area (Å²) >= 11 is 0. The Morgan fingerprint density at radius 3 is 1.21 bits per heavy atom. The van der Waals surface area contributed by atoms with Crippen molar-refractivity contribution in [2.75, 3.05) is 33.9 Å². The van der Waals surface area contributed by atoms with Crippen LogP contribution in [0.4, 0.5) is 0 Å². The van der Waals surface area contributed by atoms with Crippen LogP contribution in [0.1, 0.15) is 20.8 Å². The zero-order chi connectivity index (χ0) is 11.6. The lowest BCUT2D eigenvalue weighted by atomic mass is 10.5. The van der Waals surface area contributed by atoms with Crippen LogP contribution in [-0.2, 0) is 18.8 Å². The first-order valence-corrected chi connectivity index (χ1v) is 5.89. The summed E-state index contributed by atoms with van der Waals surface area (Å²) in [5.74, 6) is 0. The molecule has 0 radical (unpaired) electrons. The smallest absolute Gasteiger partial charge is 0.304 e. The number of nitrogens with zero attached hydrogens (tertiary/aromatic N) is 1. The van der Waals surface area contributed by atoms with Crippen LogP contribution in [0, 0.1) is 0 Å². The second kappa shape index (κ2) is 9.39. The molecule has 0 bridgehead atoms. The van der Waals surface area contributed by atoms with Crippen LogP contribution in [-0.4, -0.2) is 47.2 Å². The number of hydrogen-bond acceptors (Lipinski definition) is 5. The van der Waals surface area contributed by atoms with Crippen molar-refractivity contribution in [3.05, 3.63) is 0 Å². The number of rotatable bonds is 5. The lowest BCUT2D eigenvalue weighted by molar-refractivity contribution is 0.286. The minimum atomic E-state index is -3.66. The minimum Gasteiger partial charge on any atom is -0.304 e. The highest BCUT2D eigenvalue weighted by Gasteiger charge is 2.01. The van der Waals surface area contributed by atoms with Crippen molar-refractivity contribution in [1.82, 2.24) is 4.90 Å². The van der Waals surface area contributed by atoms with Gasteiger partial charge in [-0.3, -0.25) is 8.37 Å². The van der Waals surface area contributed by atoms with Crippen molar-refractivity contribution in [1.29, 1.82) is 0 Å². The van der Waals surface area contributed by atoms with E-state index < -0.39 is 10.4 Å². The molecule has 0 N–H and O–H groups in total. The molecular formula is C8H21NO4S. The summed E-state index contributed by atoms with van der Waals surface area (Å²) in [6.07, 6.45) is 0. The van der Waals surface area contributed by atoms with Gasteiger partial charge in [0.05, 0.1) is 14.2 Å². The maximum absolute atomic E-state index is 9.92. The van der Waals surface area contributed by atoms with Gasteiger partial charge in [0.2, 0.25) is 0 Å². The van der Waals surface area contributed by atoms with Gasteiger partial charge in [0, 0.05) is 0 Å². The van der Waals surface area contributed by atoms with Gasteiger partial charge in [0.25, 0.3) is 0 Å². The standard InChI is InChI=1S/C6H15N.C2H6O4S/c1-4-7(5-2)6-3;1-5-7(3,4)6-2/h4-6H2,1-3H3;1-2H3. The second-order valence-corrected chi connectivity index (χ2v) is 3.84. The molecule has 0 spiro atoms. The van der Waals surface area contributed by atoms with Gasteiger partial charge < -0.3 is 4.90 Å². The zero-order valence-corrected chi connectivity index (χ0v) is 10.4. The molecule has 0 saturated carbocycles. The van der Waals surface area contributed by atoms with Crippen molar-refractivity contribution in [2.45, 2.75) is 20.8 Å². The highest BCUT2D eigenvalue weighted by atomic mass is 32.3. The van der Waals surface area contributed by atoms with E-state index in [0.29, 0.717) is 0 Å². The molecule has 6 heteroatoms. The van der Waals surface area contributed by atoms with E-state index in [1.165, 1.54) is 19.6 Å².